The standard InChI is InChI=1S/C46H44ClN3O5S/c1-4-40(45(51)50-30(3)43(55-46(50)52)33-13-9-6-10-14-33)53-24-23-39-44-42-37(25-29(2)56-44)41(22-21-38(42)49(39)27-31-15-18-35(47)19-16-31)54-28-36-20-17-34(26-48-36)32-11-7-5-8-12-32/h5-22,26,29-30,40,43H,4,23-25,27-28H2,1-3H3/t29?,30-,40?,43-/m0/s1. The van der Waals surface area contributed by atoms with Crippen molar-refractivity contribution in [2.45, 2.75) is 81.6 Å². The topological polar surface area (TPSA) is 82.9 Å². The number of carbonyl (C=O) groups excluding carboxylic acids is 2. The Balaban J connectivity index is 1.05. The van der Waals surface area contributed by atoms with E-state index in [0.29, 0.717) is 42.9 Å². The van der Waals surface area contributed by atoms with Crippen molar-refractivity contribution in [1.29, 1.82) is 0 Å². The molecule has 2 aliphatic heterocycles. The highest BCUT2D eigenvalue weighted by Gasteiger charge is 2.45. The monoisotopic (exact) mass is 785 g/mol. The number of cyclic esters (lactones) is 1. The highest BCUT2D eigenvalue weighted by Crippen LogP contribution is 2.47. The number of aromatic nitrogens is 2. The van der Waals surface area contributed by atoms with Crippen molar-refractivity contribution in [3.63, 3.8) is 0 Å². The van der Waals surface area contributed by atoms with Crippen LogP contribution < -0.4 is 4.74 Å². The second-order valence-corrected chi connectivity index (χ2v) is 16.3. The summed E-state index contributed by atoms with van der Waals surface area (Å²) in [6, 6.07) is 35.6. The Hall–Kier alpha value is -5.09. The molecule has 4 atom stereocenters. The van der Waals surface area contributed by atoms with E-state index in [1.807, 2.05) is 98.5 Å². The highest BCUT2D eigenvalue weighted by molar-refractivity contribution is 8.00. The van der Waals surface area contributed by atoms with E-state index in [1.54, 1.807) is 0 Å². The van der Waals surface area contributed by atoms with E-state index in [-0.39, 0.29) is 5.91 Å². The lowest BCUT2D eigenvalue weighted by Gasteiger charge is -2.24. The van der Waals surface area contributed by atoms with Crippen molar-refractivity contribution >= 4 is 46.3 Å². The van der Waals surface area contributed by atoms with Crippen LogP contribution in [0.3, 0.4) is 0 Å². The maximum atomic E-state index is 13.9. The Morgan fingerprint density at radius 2 is 1.70 bits per heavy atom. The number of benzene rings is 4. The molecular weight excluding hydrogens is 742 g/mol. The summed E-state index contributed by atoms with van der Waals surface area (Å²) in [4.78, 5) is 34.1. The molecule has 2 unspecified atom stereocenters. The molecule has 4 heterocycles. The third-order valence-corrected chi connectivity index (χ3v) is 12.2. The number of ether oxygens (including phenoxy) is 3. The molecule has 8 nitrogen and oxygen atoms in total. The second-order valence-electron chi connectivity index (χ2n) is 14.4. The van der Waals surface area contributed by atoms with Gasteiger partial charge in [-0.05, 0) is 66.8 Å². The molecule has 0 bridgehead atoms. The van der Waals surface area contributed by atoms with E-state index in [4.69, 9.17) is 30.8 Å². The average Bonchev–Trinajstić information content (AvgIpc) is 3.69. The van der Waals surface area contributed by atoms with E-state index in [1.165, 1.54) is 20.7 Å². The Morgan fingerprint density at radius 1 is 0.946 bits per heavy atom. The molecule has 2 amide bonds. The molecule has 286 valence electrons. The van der Waals surface area contributed by atoms with Gasteiger partial charge in [-0.15, -0.1) is 11.8 Å². The van der Waals surface area contributed by atoms with Gasteiger partial charge in [0.1, 0.15) is 24.6 Å². The number of thioether (sulfide) groups is 1. The molecule has 0 spiro atoms. The van der Waals surface area contributed by atoms with Crippen LogP contribution in [0.4, 0.5) is 4.79 Å². The van der Waals surface area contributed by atoms with Crippen LogP contribution in [0.15, 0.2) is 120 Å². The van der Waals surface area contributed by atoms with Crippen LogP contribution in [-0.2, 0) is 40.3 Å². The summed E-state index contributed by atoms with van der Waals surface area (Å²) in [6.45, 7) is 7.30. The first-order valence-corrected chi connectivity index (χ1v) is 20.5. The molecule has 56 heavy (non-hydrogen) atoms. The highest BCUT2D eigenvalue weighted by atomic mass is 35.5. The van der Waals surface area contributed by atoms with E-state index >= 15 is 0 Å². The van der Waals surface area contributed by atoms with Crippen molar-refractivity contribution in [1.82, 2.24) is 14.5 Å². The van der Waals surface area contributed by atoms with Crippen LogP contribution >= 0.6 is 23.4 Å². The average molecular weight is 786 g/mol. The number of rotatable bonds is 13. The predicted molar refractivity (Wildman–Crippen MR) is 221 cm³/mol. The molecule has 0 N–H and O–H groups in total. The van der Waals surface area contributed by atoms with Crippen molar-refractivity contribution in [2.24, 2.45) is 0 Å². The summed E-state index contributed by atoms with van der Waals surface area (Å²) >= 11 is 8.15. The van der Waals surface area contributed by atoms with Crippen LogP contribution in [0.1, 0.15) is 61.4 Å². The number of amides is 2. The largest absolute Gasteiger partial charge is 0.487 e. The van der Waals surface area contributed by atoms with E-state index < -0.39 is 24.3 Å². The van der Waals surface area contributed by atoms with Gasteiger partial charge in [0.15, 0.2) is 0 Å². The quantitative estimate of drug-likeness (QED) is 0.115. The van der Waals surface area contributed by atoms with Gasteiger partial charge in [-0.3, -0.25) is 9.78 Å². The molecule has 1 fully saturated rings. The van der Waals surface area contributed by atoms with Gasteiger partial charge in [0, 0.05) is 56.5 Å². The minimum Gasteiger partial charge on any atom is -0.487 e. The molecule has 2 aliphatic rings. The van der Waals surface area contributed by atoms with Gasteiger partial charge in [-0.2, -0.15) is 0 Å². The zero-order valence-corrected chi connectivity index (χ0v) is 33.3. The minimum atomic E-state index is -0.789. The van der Waals surface area contributed by atoms with Gasteiger partial charge in [-0.25, -0.2) is 9.69 Å². The Bertz CT molecular complexity index is 2330. The van der Waals surface area contributed by atoms with Crippen molar-refractivity contribution in [3.05, 3.63) is 148 Å². The third kappa shape index (κ3) is 7.68. The van der Waals surface area contributed by atoms with Gasteiger partial charge in [0.2, 0.25) is 0 Å². The van der Waals surface area contributed by atoms with Gasteiger partial charge in [-0.1, -0.05) is 104 Å². The van der Waals surface area contributed by atoms with Crippen LogP contribution in [0.25, 0.3) is 22.0 Å². The Morgan fingerprint density at radius 3 is 2.41 bits per heavy atom. The number of hydrogen-bond acceptors (Lipinski definition) is 7. The summed E-state index contributed by atoms with van der Waals surface area (Å²) in [6.07, 6.45) is 1.81. The van der Waals surface area contributed by atoms with Crippen LogP contribution in [0.2, 0.25) is 5.02 Å². The lowest BCUT2D eigenvalue weighted by atomic mass is 10.0. The Labute approximate surface area is 336 Å². The zero-order chi connectivity index (χ0) is 38.8. The second kappa shape index (κ2) is 16.6. The fourth-order valence-corrected chi connectivity index (χ4v) is 9.30. The van der Waals surface area contributed by atoms with Gasteiger partial charge in [0.05, 0.1) is 23.9 Å². The zero-order valence-electron chi connectivity index (χ0n) is 31.7. The molecule has 2 aromatic heterocycles. The van der Waals surface area contributed by atoms with Gasteiger partial charge in [0.25, 0.3) is 5.91 Å². The molecule has 4 aromatic carbocycles. The van der Waals surface area contributed by atoms with Crippen molar-refractivity contribution in [3.8, 4) is 16.9 Å². The molecule has 0 aliphatic carbocycles. The molecule has 1 saturated heterocycles. The Kier molecular flexibility index (Phi) is 11.2. The van der Waals surface area contributed by atoms with Crippen molar-refractivity contribution in [2.75, 3.05) is 6.61 Å². The van der Waals surface area contributed by atoms with Gasteiger partial charge < -0.3 is 18.8 Å². The first-order valence-electron chi connectivity index (χ1n) is 19.2. The summed E-state index contributed by atoms with van der Waals surface area (Å²) in [5, 5.41) is 2.21. The first kappa shape index (κ1) is 37.8. The van der Waals surface area contributed by atoms with E-state index in [0.717, 1.165) is 51.3 Å². The third-order valence-electron chi connectivity index (χ3n) is 10.7. The fraction of sp³-hybridized carbons (Fsp3) is 0.283. The molecular formula is C46H44ClN3O5S. The first-order chi connectivity index (χ1) is 27.3. The fourth-order valence-electron chi connectivity index (χ4n) is 7.83. The minimum absolute atomic E-state index is 0.297. The van der Waals surface area contributed by atoms with Crippen LogP contribution in [0, 0.1) is 0 Å². The van der Waals surface area contributed by atoms with E-state index in [2.05, 4.69) is 54.0 Å². The normalized spacial score (nSPS) is 18.2. The van der Waals surface area contributed by atoms with Crippen LogP contribution in [-0.4, -0.2) is 50.5 Å². The number of imide groups is 1. The maximum Gasteiger partial charge on any atom is 0.417 e. The molecule has 0 radical (unpaired) electrons. The lowest BCUT2D eigenvalue weighted by Crippen LogP contribution is -2.45. The number of pyridine rings is 1. The van der Waals surface area contributed by atoms with Crippen LogP contribution in [0.5, 0.6) is 5.75 Å². The molecule has 6 aromatic rings. The summed E-state index contributed by atoms with van der Waals surface area (Å²) < 4.78 is 21.0. The smallest absolute Gasteiger partial charge is 0.417 e. The number of halogens is 1. The number of hydrogen-bond donors (Lipinski definition) is 0. The molecule has 0 saturated carbocycles. The molecule has 10 heteroatoms. The lowest BCUT2D eigenvalue weighted by molar-refractivity contribution is -0.141. The predicted octanol–water partition coefficient (Wildman–Crippen LogP) is 10.5. The number of nitrogens with zero attached hydrogens (tertiary/aromatic N) is 3. The molecule has 8 rings (SSSR count). The summed E-state index contributed by atoms with van der Waals surface area (Å²) in [7, 11) is 0. The summed E-state index contributed by atoms with van der Waals surface area (Å²) in [5.41, 5.74) is 8.50. The summed E-state index contributed by atoms with van der Waals surface area (Å²) in [5.74, 6) is 0.492. The van der Waals surface area contributed by atoms with Gasteiger partial charge >= 0.3 is 6.09 Å². The van der Waals surface area contributed by atoms with Crippen molar-refractivity contribution < 1.29 is 23.8 Å². The number of carbonyl (C=O) groups is 2. The maximum absolute atomic E-state index is 13.9. The van der Waals surface area contributed by atoms with E-state index in [9.17, 15) is 9.59 Å². The SMILES string of the molecule is CCC(OCCc1c2c3c(c(OCc4ccc(-c5ccccc5)cn4)ccc3n1Cc1ccc(Cl)cc1)CC(C)S2)C(=O)N1C(=O)O[C@H](c2ccccc2)[C@@H]1C.